The molecule has 0 atom stereocenters. The predicted octanol–water partition coefficient (Wildman–Crippen LogP) is 2.20. The second kappa shape index (κ2) is 4.45. The van der Waals surface area contributed by atoms with Crippen LogP contribution in [0.25, 0.3) is 0 Å². The van der Waals surface area contributed by atoms with E-state index in [2.05, 4.69) is 21.4 Å². The van der Waals surface area contributed by atoms with Crippen molar-refractivity contribution in [3.05, 3.63) is 84.6 Å². The number of nitrogens with one attached hydrogen (secondary N) is 1. The van der Waals surface area contributed by atoms with Gasteiger partial charge in [-0.25, -0.2) is 0 Å². The number of rotatable bonds is 2. The van der Waals surface area contributed by atoms with Crippen LogP contribution in [-0.2, 0) is 5.54 Å². The van der Waals surface area contributed by atoms with E-state index < -0.39 is 5.54 Å². The zero-order chi connectivity index (χ0) is 12.3. The zero-order valence-corrected chi connectivity index (χ0v) is 9.75. The molecule has 3 nitrogen and oxygen atoms in total. The van der Waals surface area contributed by atoms with E-state index in [1.807, 2.05) is 54.8 Å². The highest BCUT2D eigenvalue weighted by atomic mass is 15.0. The van der Waals surface area contributed by atoms with Gasteiger partial charge in [0.2, 0.25) is 0 Å². The van der Waals surface area contributed by atoms with Crippen molar-refractivity contribution < 1.29 is 0 Å². The first-order valence-corrected chi connectivity index (χ1v) is 5.78. The molecule has 0 spiro atoms. The summed E-state index contributed by atoms with van der Waals surface area (Å²) in [7, 11) is 0. The molecular formula is C15H12N3. The highest BCUT2D eigenvalue weighted by Gasteiger charge is 2.34. The van der Waals surface area contributed by atoms with E-state index in [9.17, 15) is 0 Å². The van der Waals surface area contributed by atoms with Gasteiger partial charge in [-0.1, -0.05) is 12.1 Å². The van der Waals surface area contributed by atoms with Gasteiger partial charge in [0.25, 0.3) is 0 Å². The average molecular weight is 234 g/mol. The number of hydrogen-bond donors (Lipinski definition) is 1. The van der Waals surface area contributed by atoms with Gasteiger partial charge in [-0.15, -0.1) is 0 Å². The van der Waals surface area contributed by atoms with Gasteiger partial charge in [0.1, 0.15) is 5.54 Å². The van der Waals surface area contributed by atoms with Crippen LogP contribution >= 0.6 is 0 Å². The first-order valence-electron chi connectivity index (χ1n) is 5.78. The molecule has 1 aliphatic heterocycles. The summed E-state index contributed by atoms with van der Waals surface area (Å²) < 4.78 is 0. The highest BCUT2D eigenvalue weighted by Crippen LogP contribution is 2.29. The number of aromatic nitrogens is 2. The third kappa shape index (κ3) is 1.70. The van der Waals surface area contributed by atoms with Gasteiger partial charge < -0.3 is 5.32 Å². The Labute approximate surface area is 106 Å². The molecule has 1 aliphatic rings. The summed E-state index contributed by atoms with van der Waals surface area (Å²) in [5, 5.41) is 3.34. The second-order valence-electron chi connectivity index (χ2n) is 4.03. The third-order valence-corrected chi connectivity index (χ3v) is 2.93. The standard InChI is InChI=1S/C15H12N3/c1-4-10-16-13(7-1)15(9-3-6-12-18-15)14-8-2-5-11-17-14/h1-2,4-12,18H. The van der Waals surface area contributed by atoms with Gasteiger partial charge in [-0.2, -0.15) is 0 Å². The Morgan fingerprint density at radius 3 is 2.06 bits per heavy atom. The topological polar surface area (TPSA) is 37.8 Å². The van der Waals surface area contributed by atoms with Gasteiger partial charge in [0, 0.05) is 12.4 Å². The summed E-state index contributed by atoms with van der Waals surface area (Å²) in [4.78, 5) is 8.89. The van der Waals surface area contributed by atoms with Crippen LogP contribution in [0.2, 0.25) is 0 Å². The van der Waals surface area contributed by atoms with Gasteiger partial charge in [-0.05, 0) is 48.7 Å². The fraction of sp³-hybridized carbons (Fsp3) is 0.0667. The van der Waals surface area contributed by atoms with Gasteiger partial charge in [-0.3, -0.25) is 9.97 Å². The molecule has 1 N–H and O–H groups in total. The molecule has 3 heteroatoms. The maximum Gasteiger partial charge on any atom is 0.141 e. The molecule has 2 aromatic heterocycles. The van der Waals surface area contributed by atoms with Crippen LogP contribution in [0.5, 0.6) is 0 Å². The second-order valence-corrected chi connectivity index (χ2v) is 4.03. The molecule has 0 fully saturated rings. The lowest BCUT2D eigenvalue weighted by molar-refractivity contribution is 0.531. The van der Waals surface area contributed by atoms with Crippen molar-refractivity contribution in [3.63, 3.8) is 0 Å². The van der Waals surface area contributed by atoms with Gasteiger partial charge >= 0.3 is 0 Å². The van der Waals surface area contributed by atoms with E-state index >= 15 is 0 Å². The number of allylic oxidation sites excluding steroid dienone is 2. The molecule has 3 heterocycles. The number of pyridine rings is 2. The summed E-state index contributed by atoms with van der Waals surface area (Å²) >= 11 is 0. The normalized spacial score (nSPS) is 16.2. The Balaban J connectivity index is 2.17. The summed E-state index contributed by atoms with van der Waals surface area (Å²) in [5.41, 5.74) is 1.28. The van der Waals surface area contributed by atoms with Crippen LogP contribution in [-0.4, -0.2) is 9.97 Å². The molecule has 0 aliphatic carbocycles. The Morgan fingerprint density at radius 1 is 0.944 bits per heavy atom. The van der Waals surface area contributed by atoms with Gasteiger partial charge in [0.15, 0.2) is 0 Å². The third-order valence-electron chi connectivity index (χ3n) is 2.93. The van der Waals surface area contributed by atoms with Crippen molar-refractivity contribution >= 4 is 0 Å². The fourth-order valence-corrected chi connectivity index (χ4v) is 2.06. The summed E-state index contributed by atoms with van der Waals surface area (Å²) in [6.07, 6.45) is 12.4. The van der Waals surface area contributed by atoms with Crippen LogP contribution in [0.15, 0.2) is 67.1 Å². The van der Waals surface area contributed by atoms with Crippen molar-refractivity contribution in [2.24, 2.45) is 0 Å². The molecule has 87 valence electrons. The molecule has 2 aromatic rings. The minimum Gasteiger partial charge on any atom is -0.372 e. The van der Waals surface area contributed by atoms with Crippen LogP contribution in [0.4, 0.5) is 0 Å². The smallest absolute Gasteiger partial charge is 0.141 e. The fourth-order valence-electron chi connectivity index (χ4n) is 2.06. The minimum atomic E-state index is -0.530. The monoisotopic (exact) mass is 234 g/mol. The Morgan fingerprint density at radius 2 is 1.61 bits per heavy atom. The van der Waals surface area contributed by atoms with E-state index in [1.54, 1.807) is 12.4 Å². The van der Waals surface area contributed by atoms with Crippen molar-refractivity contribution in [1.82, 2.24) is 15.3 Å². The van der Waals surface area contributed by atoms with Crippen LogP contribution < -0.4 is 5.32 Å². The quantitative estimate of drug-likeness (QED) is 0.865. The number of nitrogens with zero attached hydrogens (tertiary/aromatic N) is 2. The Hall–Kier alpha value is -2.42. The maximum atomic E-state index is 4.44. The molecule has 18 heavy (non-hydrogen) atoms. The predicted molar refractivity (Wildman–Crippen MR) is 69.3 cm³/mol. The van der Waals surface area contributed by atoms with Crippen molar-refractivity contribution in [2.45, 2.75) is 5.54 Å². The van der Waals surface area contributed by atoms with E-state index in [4.69, 9.17) is 0 Å². The van der Waals surface area contributed by atoms with E-state index in [1.165, 1.54) is 0 Å². The Bertz CT molecular complexity index is 534. The van der Waals surface area contributed by atoms with Crippen molar-refractivity contribution in [3.8, 4) is 0 Å². The molecule has 3 rings (SSSR count). The average Bonchev–Trinajstić information content (AvgIpc) is 2.50. The lowest BCUT2D eigenvalue weighted by Crippen LogP contribution is -2.41. The minimum absolute atomic E-state index is 0.530. The van der Waals surface area contributed by atoms with Crippen molar-refractivity contribution in [2.75, 3.05) is 0 Å². The SMILES string of the molecule is [C]1=CC(c2ccccn2)(c2ccccn2)NC=C1. The van der Waals surface area contributed by atoms with Crippen molar-refractivity contribution in [1.29, 1.82) is 0 Å². The molecule has 0 saturated carbocycles. The molecule has 1 radical (unpaired) electrons. The molecular weight excluding hydrogens is 222 g/mol. The number of dihydropyridines is 1. The van der Waals surface area contributed by atoms with E-state index in [0.717, 1.165) is 11.4 Å². The molecule has 0 saturated heterocycles. The van der Waals surface area contributed by atoms with Gasteiger partial charge in [0.05, 0.1) is 11.4 Å². The first kappa shape index (κ1) is 10.7. The summed E-state index contributed by atoms with van der Waals surface area (Å²) in [5.74, 6) is 0. The lowest BCUT2D eigenvalue weighted by atomic mass is 9.88. The lowest BCUT2D eigenvalue weighted by Gasteiger charge is -2.31. The maximum absolute atomic E-state index is 4.44. The Kier molecular flexibility index (Phi) is 2.65. The van der Waals surface area contributed by atoms with Crippen LogP contribution in [0, 0.1) is 6.08 Å². The largest absolute Gasteiger partial charge is 0.372 e. The zero-order valence-electron chi connectivity index (χ0n) is 9.75. The molecule has 0 unspecified atom stereocenters. The van der Waals surface area contributed by atoms with Crippen LogP contribution in [0.3, 0.4) is 0 Å². The van der Waals surface area contributed by atoms with E-state index in [0.29, 0.717) is 0 Å². The molecule has 0 aromatic carbocycles. The van der Waals surface area contributed by atoms with E-state index in [-0.39, 0.29) is 0 Å². The molecule has 0 bridgehead atoms. The highest BCUT2D eigenvalue weighted by molar-refractivity contribution is 5.38. The first-order chi connectivity index (χ1) is 8.92. The summed E-state index contributed by atoms with van der Waals surface area (Å²) in [6, 6.07) is 11.7. The van der Waals surface area contributed by atoms with Crippen LogP contribution in [0.1, 0.15) is 11.4 Å². The number of hydrogen-bond acceptors (Lipinski definition) is 3. The molecule has 0 amide bonds. The summed E-state index contributed by atoms with van der Waals surface area (Å²) in [6.45, 7) is 0.